The third kappa shape index (κ3) is 8.17. The SMILES string of the molecule is CC(C)(C)OC(=O)NC(Cc1ccccc1)C(=O)NC(C=O)Cc1ccccc1. The summed E-state index contributed by atoms with van der Waals surface area (Å²) in [6, 6.07) is 17.2. The number of ether oxygens (including phenoxy) is 1. The Labute approximate surface area is 171 Å². The molecule has 0 aromatic heterocycles. The van der Waals surface area contributed by atoms with E-state index < -0.39 is 29.7 Å². The molecule has 0 saturated carbocycles. The molecule has 2 amide bonds. The van der Waals surface area contributed by atoms with Gasteiger partial charge < -0.3 is 20.2 Å². The second-order valence-electron chi connectivity index (χ2n) is 7.83. The molecule has 2 atom stereocenters. The van der Waals surface area contributed by atoms with Crippen LogP contribution >= 0.6 is 0 Å². The number of hydrogen-bond acceptors (Lipinski definition) is 4. The number of hydrogen-bond donors (Lipinski definition) is 2. The number of carbonyl (C=O) groups excluding carboxylic acids is 3. The predicted molar refractivity (Wildman–Crippen MR) is 111 cm³/mol. The Hall–Kier alpha value is -3.15. The average Bonchev–Trinajstić information content (AvgIpc) is 2.67. The highest BCUT2D eigenvalue weighted by Gasteiger charge is 2.26. The second-order valence-corrected chi connectivity index (χ2v) is 7.83. The Balaban J connectivity index is 2.09. The van der Waals surface area contributed by atoms with Crippen molar-refractivity contribution < 1.29 is 19.1 Å². The van der Waals surface area contributed by atoms with Gasteiger partial charge in [-0.2, -0.15) is 0 Å². The summed E-state index contributed by atoms with van der Waals surface area (Å²) in [6.07, 6.45) is 0.681. The first kappa shape index (κ1) is 22.1. The van der Waals surface area contributed by atoms with E-state index in [2.05, 4.69) is 10.6 Å². The highest BCUT2D eigenvalue weighted by atomic mass is 16.6. The third-order valence-corrected chi connectivity index (χ3v) is 4.08. The van der Waals surface area contributed by atoms with Crippen LogP contribution in [0.15, 0.2) is 60.7 Å². The average molecular weight is 396 g/mol. The molecule has 2 aromatic carbocycles. The largest absolute Gasteiger partial charge is 0.444 e. The number of amides is 2. The molecule has 6 heteroatoms. The number of alkyl carbamates (subject to hydrolysis) is 1. The van der Waals surface area contributed by atoms with Crippen molar-refractivity contribution in [2.24, 2.45) is 0 Å². The maximum atomic E-state index is 12.9. The number of aldehydes is 1. The van der Waals surface area contributed by atoms with Crippen molar-refractivity contribution in [2.45, 2.75) is 51.3 Å². The van der Waals surface area contributed by atoms with Crippen LogP contribution in [0.25, 0.3) is 0 Å². The molecule has 2 rings (SSSR count). The van der Waals surface area contributed by atoms with Crippen molar-refractivity contribution in [1.29, 1.82) is 0 Å². The Bertz CT molecular complexity index is 801. The van der Waals surface area contributed by atoms with E-state index in [1.54, 1.807) is 20.8 Å². The molecular weight excluding hydrogens is 368 g/mol. The zero-order chi connectivity index (χ0) is 21.3. The van der Waals surface area contributed by atoms with Crippen molar-refractivity contribution >= 4 is 18.3 Å². The summed E-state index contributed by atoms with van der Waals surface area (Å²) in [5.41, 5.74) is 1.13. The van der Waals surface area contributed by atoms with Gasteiger partial charge in [0.1, 0.15) is 17.9 Å². The molecule has 0 aliphatic heterocycles. The Kier molecular flexibility index (Phi) is 7.95. The topological polar surface area (TPSA) is 84.5 Å². The Morgan fingerprint density at radius 1 is 0.897 bits per heavy atom. The molecule has 154 valence electrons. The van der Waals surface area contributed by atoms with Crippen LogP contribution < -0.4 is 10.6 Å². The van der Waals surface area contributed by atoms with Gasteiger partial charge in [0.15, 0.2) is 0 Å². The first-order valence-corrected chi connectivity index (χ1v) is 9.60. The zero-order valence-corrected chi connectivity index (χ0v) is 17.1. The third-order valence-electron chi connectivity index (χ3n) is 4.08. The fourth-order valence-corrected chi connectivity index (χ4v) is 2.79. The van der Waals surface area contributed by atoms with Gasteiger partial charge in [-0.3, -0.25) is 4.79 Å². The molecule has 0 fully saturated rings. The minimum Gasteiger partial charge on any atom is -0.444 e. The van der Waals surface area contributed by atoms with Crippen LogP contribution in [0, 0.1) is 0 Å². The summed E-state index contributed by atoms with van der Waals surface area (Å²) in [7, 11) is 0. The van der Waals surface area contributed by atoms with Crippen LogP contribution in [0.4, 0.5) is 4.79 Å². The van der Waals surface area contributed by atoms with Crippen molar-refractivity contribution in [2.75, 3.05) is 0 Å². The lowest BCUT2D eigenvalue weighted by Crippen LogP contribution is -2.52. The van der Waals surface area contributed by atoms with Gasteiger partial charge in [-0.15, -0.1) is 0 Å². The second kappa shape index (κ2) is 10.4. The summed E-state index contributed by atoms with van der Waals surface area (Å²) in [5, 5.41) is 5.35. The maximum Gasteiger partial charge on any atom is 0.408 e. The van der Waals surface area contributed by atoms with Crippen molar-refractivity contribution in [3.63, 3.8) is 0 Å². The van der Waals surface area contributed by atoms with Crippen molar-refractivity contribution in [1.82, 2.24) is 10.6 Å². The molecule has 0 saturated heterocycles. The molecular formula is C23H28N2O4. The van der Waals surface area contributed by atoms with Crippen LogP contribution in [-0.4, -0.2) is 36.0 Å². The van der Waals surface area contributed by atoms with Crippen LogP contribution in [0.2, 0.25) is 0 Å². The van der Waals surface area contributed by atoms with E-state index >= 15 is 0 Å². The number of benzene rings is 2. The molecule has 0 bridgehead atoms. The van der Waals surface area contributed by atoms with E-state index in [1.807, 2.05) is 60.7 Å². The van der Waals surface area contributed by atoms with E-state index in [1.165, 1.54) is 0 Å². The molecule has 2 N–H and O–H groups in total. The van der Waals surface area contributed by atoms with Gasteiger partial charge in [-0.05, 0) is 38.3 Å². The van der Waals surface area contributed by atoms with Gasteiger partial charge in [-0.1, -0.05) is 60.7 Å². The smallest absolute Gasteiger partial charge is 0.408 e. The van der Waals surface area contributed by atoms with E-state index in [0.29, 0.717) is 12.7 Å². The standard InChI is InChI=1S/C23H28N2O4/c1-23(2,3)29-22(28)25-20(15-18-12-8-5-9-13-18)21(27)24-19(16-26)14-17-10-6-4-7-11-17/h4-13,16,19-20H,14-15H2,1-3H3,(H,24,27)(H,25,28). The summed E-state index contributed by atoms with van der Waals surface area (Å²) in [5.74, 6) is -0.437. The summed E-state index contributed by atoms with van der Waals surface area (Å²) in [6.45, 7) is 5.25. The molecule has 2 aromatic rings. The first-order chi connectivity index (χ1) is 13.8. The molecule has 0 radical (unpaired) electrons. The Morgan fingerprint density at radius 2 is 1.41 bits per heavy atom. The van der Waals surface area contributed by atoms with Gasteiger partial charge in [0, 0.05) is 6.42 Å². The monoisotopic (exact) mass is 396 g/mol. The fraction of sp³-hybridized carbons (Fsp3) is 0.348. The predicted octanol–water partition coefficient (Wildman–Crippen LogP) is 3.05. The van der Waals surface area contributed by atoms with E-state index in [-0.39, 0.29) is 6.42 Å². The quantitative estimate of drug-likeness (QED) is 0.672. The molecule has 2 unspecified atom stereocenters. The van der Waals surface area contributed by atoms with E-state index in [0.717, 1.165) is 11.1 Å². The lowest BCUT2D eigenvalue weighted by Gasteiger charge is -2.24. The fourth-order valence-electron chi connectivity index (χ4n) is 2.79. The minimum atomic E-state index is -0.870. The van der Waals surface area contributed by atoms with Crippen LogP contribution in [0.5, 0.6) is 0 Å². The van der Waals surface area contributed by atoms with Gasteiger partial charge in [0.05, 0.1) is 6.04 Å². The highest BCUT2D eigenvalue weighted by Crippen LogP contribution is 2.09. The van der Waals surface area contributed by atoms with Gasteiger partial charge in [0.2, 0.25) is 5.91 Å². The number of nitrogens with one attached hydrogen (secondary N) is 2. The van der Waals surface area contributed by atoms with Gasteiger partial charge >= 0.3 is 6.09 Å². The lowest BCUT2D eigenvalue weighted by molar-refractivity contribution is -0.125. The minimum absolute atomic E-state index is 0.281. The van der Waals surface area contributed by atoms with Gasteiger partial charge in [0.25, 0.3) is 0 Å². The van der Waals surface area contributed by atoms with Gasteiger partial charge in [-0.25, -0.2) is 4.79 Å². The highest BCUT2D eigenvalue weighted by molar-refractivity contribution is 5.88. The normalized spacial score (nSPS) is 13.1. The molecule has 0 spiro atoms. The molecule has 0 aliphatic carbocycles. The summed E-state index contributed by atoms with van der Waals surface area (Å²) in [4.78, 5) is 36.6. The summed E-state index contributed by atoms with van der Waals surface area (Å²) >= 11 is 0. The van der Waals surface area contributed by atoms with Crippen LogP contribution in [0.3, 0.4) is 0 Å². The maximum absolute atomic E-state index is 12.9. The van der Waals surface area contributed by atoms with E-state index in [9.17, 15) is 14.4 Å². The van der Waals surface area contributed by atoms with Crippen LogP contribution in [0.1, 0.15) is 31.9 Å². The van der Waals surface area contributed by atoms with Crippen molar-refractivity contribution in [3.05, 3.63) is 71.8 Å². The summed E-state index contributed by atoms with van der Waals surface area (Å²) < 4.78 is 5.28. The van der Waals surface area contributed by atoms with Crippen molar-refractivity contribution in [3.8, 4) is 0 Å². The van der Waals surface area contributed by atoms with Crippen LogP contribution in [-0.2, 0) is 27.2 Å². The lowest BCUT2D eigenvalue weighted by atomic mass is 10.0. The Morgan fingerprint density at radius 3 is 1.90 bits per heavy atom. The molecule has 29 heavy (non-hydrogen) atoms. The van der Waals surface area contributed by atoms with E-state index in [4.69, 9.17) is 4.74 Å². The molecule has 6 nitrogen and oxygen atoms in total. The number of rotatable bonds is 8. The zero-order valence-electron chi connectivity index (χ0n) is 17.1. The molecule has 0 heterocycles. The molecule has 0 aliphatic rings. The first-order valence-electron chi connectivity index (χ1n) is 9.60. The number of carbonyl (C=O) groups is 3.